The Morgan fingerprint density at radius 1 is 0.378 bits per heavy atom. The van der Waals surface area contributed by atoms with Crippen molar-refractivity contribution in [1.29, 1.82) is 0 Å². The van der Waals surface area contributed by atoms with Gasteiger partial charge in [0, 0.05) is 6.42 Å². The van der Waals surface area contributed by atoms with E-state index in [0.29, 0.717) is 17.4 Å². The van der Waals surface area contributed by atoms with E-state index < -0.39 is 20.0 Å². The van der Waals surface area contributed by atoms with Crippen molar-refractivity contribution in [3.63, 3.8) is 0 Å². The molecule has 0 aromatic rings. The summed E-state index contributed by atoms with van der Waals surface area (Å²) in [5, 5.41) is 14.0. The molecular formula is C81H163N2O6P. The van der Waals surface area contributed by atoms with Crippen LogP contribution in [0.3, 0.4) is 0 Å². The molecule has 0 aromatic heterocycles. The van der Waals surface area contributed by atoms with E-state index in [1.807, 2.05) is 27.2 Å². The van der Waals surface area contributed by atoms with Crippen LogP contribution in [0.1, 0.15) is 450 Å². The fourth-order valence-corrected chi connectivity index (χ4v) is 13.9. The molecule has 0 saturated heterocycles. The predicted molar refractivity (Wildman–Crippen MR) is 395 cm³/mol. The number of hydrogen-bond donors (Lipinski definition) is 2. The van der Waals surface area contributed by atoms with Gasteiger partial charge < -0.3 is 28.8 Å². The maximum atomic E-state index is 13.1. The number of hydrogen-bond acceptors (Lipinski definition) is 6. The number of aliphatic hydroxyl groups excluding tert-OH is 1. The number of phosphoric ester groups is 1. The van der Waals surface area contributed by atoms with Crippen LogP contribution in [0.5, 0.6) is 0 Å². The van der Waals surface area contributed by atoms with Gasteiger partial charge in [-0.1, -0.05) is 437 Å². The number of phosphoric acid groups is 1. The van der Waals surface area contributed by atoms with Crippen molar-refractivity contribution in [3.8, 4) is 0 Å². The average Bonchev–Trinajstić information content (AvgIpc) is 3.71. The van der Waals surface area contributed by atoms with Crippen LogP contribution in [-0.2, 0) is 18.4 Å². The standard InChI is InChI=1S/C81H163N2O6P/c1-6-8-10-12-14-16-18-20-22-24-26-28-30-32-34-36-37-38-39-40-41-42-43-44-45-47-49-51-53-55-57-59-61-63-65-67-69-71-73-75-81(85)82-79(78-89-90(86,87)88-77-76-83(3,4)5)80(84)74-72-70-68-66-64-62-60-58-56-54-52-50-48-46-35-33-31-29-27-25-23-21-19-17-15-13-11-9-7-2/h72,74,79-80,84H,6-71,73,75-78H2,1-5H3,(H-,82,85,86,87)/b74-72+. The molecule has 2 N–H and O–H groups in total. The Morgan fingerprint density at radius 2 is 0.600 bits per heavy atom. The van der Waals surface area contributed by atoms with Crippen LogP contribution in [0, 0.1) is 0 Å². The number of rotatable bonds is 78. The van der Waals surface area contributed by atoms with Gasteiger partial charge in [-0.05, 0) is 19.3 Å². The van der Waals surface area contributed by atoms with Crippen molar-refractivity contribution >= 4 is 13.7 Å². The lowest BCUT2D eigenvalue weighted by Crippen LogP contribution is -2.45. The molecule has 0 radical (unpaired) electrons. The van der Waals surface area contributed by atoms with Gasteiger partial charge in [-0.15, -0.1) is 0 Å². The van der Waals surface area contributed by atoms with E-state index in [2.05, 4.69) is 19.2 Å². The van der Waals surface area contributed by atoms with Crippen molar-refractivity contribution in [1.82, 2.24) is 5.32 Å². The van der Waals surface area contributed by atoms with Crippen LogP contribution in [-0.4, -0.2) is 68.5 Å². The molecule has 0 aliphatic rings. The van der Waals surface area contributed by atoms with E-state index in [-0.39, 0.29) is 19.1 Å². The number of carbonyl (C=O) groups excluding carboxylic acids is 1. The van der Waals surface area contributed by atoms with Gasteiger partial charge in [0.2, 0.25) is 5.91 Å². The quantitative estimate of drug-likeness (QED) is 0.0272. The second kappa shape index (κ2) is 72.5. The van der Waals surface area contributed by atoms with Crippen molar-refractivity contribution in [3.05, 3.63) is 12.2 Å². The number of unbranched alkanes of at least 4 members (excludes halogenated alkanes) is 65. The third kappa shape index (κ3) is 74.6. The van der Waals surface area contributed by atoms with E-state index in [9.17, 15) is 19.4 Å². The number of nitrogens with zero attached hydrogens (tertiary/aromatic N) is 1. The normalized spacial score (nSPS) is 13.5. The highest BCUT2D eigenvalue weighted by Gasteiger charge is 2.23. The zero-order valence-corrected chi connectivity index (χ0v) is 62.8. The first-order valence-electron chi connectivity index (χ1n) is 41.1. The van der Waals surface area contributed by atoms with Crippen molar-refractivity contribution < 1.29 is 32.9 Å². The largest absolute Gasteiger partial charge is 0.756 e. The molecule has 3 unspecified atom stereocenters. The lowest BCUT2D eigenvalue weighted by atomic mass is 10.0. The summed E-state index contributed by atoms with van der Waals surface area (Å²) in [6, 6.07) is -0.885. The molecule has 3 atom stereocenters. The Balaban J connectivity index is 3.89. The average molecular weight is 1290 g/mol. The highest BCUT2D eigenvalue weighted by Crippen LogP contribution is 2.38. The molecule has 8 nitrogen and oxygen atoms in total. The van der Waals surface area contributed by atoms with Gasteiger partial charge in [0.15, 0.2) is 0 Å². The van der Waals surface area contributed by atoms with Crippen molar-refractivity contribution in [2.24, 2.45) is 0 Å². The summed E-state index contributed by atoms with van der Waals surface area (Å²) in [5.74, 6) is -0.185. The molecule has 0 aliphatic heterocycles. The fraction of sp³-hybridized carbons (Fsp3) is 0.963. The van der Waals surface area contributed by atoms with E-state index in [1.165, 1.54) is 392 Å². The van der Waals surface area contributed by atoms with Crippen molar-refractivity contribution in [2.45, 2.75) is 463 Å². The zero-order chi connectivity index (χ0) is 65.5. The maximum Gasteiger partial charge on any atom is 0.268 e. The number of allylic oxidation sites excluding steroid dienone is 1. The Labute approximate surface area is 564 Å². The molecule has 0 saturated carbocycles. The number of nitrogens with one attached hydrogen (secondary N) is 1. The first-order chi connectivity index (χ1) is 44.0. The van der Waals surface area contributed by atoms with Crippen LogP contribution in [0.4, 0.5) is 0 Å². The van der Waals surface area contributed by atoms with Crippen LogP contribution in [0.2, 0.25) is 0 Å². The number of likely N-dealkylation sites (N-methyl/N-ethyl adjacent to an activating group) is 1. The van der Waals surface area contributed by atoms with E-state index in [4.69, 9.17) is 9.05 Å². The topological polar surface area (TPSA) is 108 Å². The smallest absolute Gasteiger partial charge is 0.268 e. The molecule has 9 heteroatoms. The first-order valence-corrected chi connectivity index (χ1v) is 42.5. The Bertz CT molecular complexity index is 1470. The van der Waals surface area contributed by atoms with E-state index in [1.54, 1.807) is 6.08 Å². The number of aliphatic hydroxyl groups is 1. The summed E-state index contributed by atoms with van der Waals surface area (Å²) in [5.41, 5.74) is 0. The van der Waals surface area contributed by atoms with Crippen molar-refractivity contribution in [2.75, 3.05) is 40.9 Å². The number of carbonyl (C=O) groups is 1. The van der Waals surface area contributed by atoms with Crippen LogP contribution < -0.4 is 10.2 Å². The second-order valence-electron chi connectivity index (χ2n) is 29.8. The third-order valence-corrected chi connectivity index (χ3v) is 20.5. The first kappa shape index (κ1) is 89.2. The van der Waals surface area contributed by atoms with E-state index >= 15 is 0 Å². The van der Waals surface area contributed by atoms with Crippen LogP contribution >= 0.6 is 7.82 Å². The molecular weight excluding hydrogens is 1130 g/mol. The predicted octanol–water partition coefficient (Wildman–Crippen LogP) is 26.2. The van der Waals surface area contributed by atoms with E-state index in [0.717, 1.165) is 38.5 Å². The molecule has 0 spiro atoms. The molecule has 0 aromatic carbocycles. The Morgan fingerprint density at radius 3 is 0.833 bits per heavy atom. The van der Waals surface area contributed by atoms with Gasteiger partial charge in [-0.25, -0.2) is 0 Å². The molecule has 0 heterocycles. The summed E-state index contributed by atoms with van der Waals surface area (Å²) in [6.07, 6.45) is 95.4. The molecule has 0 rings (SSSR count). The molecule has 0 bridgehead atoms. The Hall–Kier alpha value is -0.760. The Kier molecular flexibility index (Phi) is 71.9. The molecule has 1 amide bonds. The van der Waals surface area contributed by atoms with Gasteiger partial charge in [-0.2, -0.15) is 0 Å². The lowest BCUT2D eigenvalue weighted by Gasteiger charge is -2.29. The summed E-state index contributed by atoms with van der Waals surface area (Å²) in [4.78, 5) is 25.7. The zero-order valence-electron chi connectivity index (χ0n) is 61.9. The molecule has 538 valence electrons. The number of amides is 1. The highest BCUT2D eigenvalue weighted by molar-refractivity contribution is 7.45. The molecule has 90 heavy (non-hydrogen) atoms. The van der Waals surface area contributed by atoms with Gasteiger partial charge in [0.05, 0.1) is 39.9 Å². The summed E-state index contributed by atoms with van der Waals surface area (Å²) < 4.78 is 23.5. The monoisotopic (exact) mass is 1290 g/mol. The van der Waals surface area contributed by atoms with Gasteiger partial charge in [0.1, 0.15) is 13.2 Å². The summed E-state index contributed by atoms with van der Waals surface area (Å²) in [7, 11) is 1.29. The van der Waals surface area contributed by atoms with Crippen LogP contribution in [0.15, 0.2) is 12.2 Å². The molecule has 0 aliphatic carbocycles. The number of quaternary nitrogens is 1. The van der Waals surface area contributed by atoms with Gasteiger partial charge in [0.25, 0.3) is 7.82 Å². The molecule has 0 fully saturated rings. The summed E-state index contributed by atoms with van der Waals surface area (Å²) >= 11 is 0. The highest BCUT2D eigenvalue weighted by atomic mass is 31.2. The van der Waals surface area contributed by atoms with Gasteiger partial charge in [-0.3, -0.25) is 9.36 Å². The summed E-state index contributed by atoms with van der Waals surface area (Å²) in [6.45, 7) is 4.74. The third-order valence-electron chi connectivity index (χ3n) is 19.5. The minimum absolute atomic E-state index is 0.00318. The SMILES string of the molecule is CCCCCCCCCCCCCCCCCCCCCCCCCCCCC/C=C/C(O)C(COP(=O)([O-])OCC[N+](C)(C)C)NC(=O)CCCCCCCCCCCCCCCCCCCCCCCCCCCCCCCCCCCCCCCCC. The maximum absolute atomic E-state index is 13.1. The second-order valence-corrected chi connectivity index (χ2v) is 31.3. The lowest BCUT2D eigenvalue weighted by molar-refractivity contribution is -0.870. The minimum Gasteiger partial charge on any atom is -0.756 e. The van der Waals surface area contributed by atoms with Gasteiger partial charge >= 0.3 is 0 Å². The fourth-order valence-electron chi connectivity index (χ4n) is 13.2. The van der Waals surface area contributed by atoms with Crippen LogP contribution in [0.25, 0.3) is 0 Å². The minimum atomic E-state index is -4.60.